The Labute approximate surface area is 148 Å². The molecule has 0 aliphatic rings. The quantitative estimate of drug-likeness (QED) is 0.558. The van der Waals surface area contributed by atoms with Gasteiger partial charge in [-0.15, -0.1) is 0 Å². The minimum Gasteiger partial charge on any atom is -0.481 e. The van der Waals surface area contributed by atoms with Gasteiger partial charge in [-0.25, -0.2) is 0 Å². The molecule has 0 radical (unpaired) electrons. The van der Waals surface area contributed by atoms with Gasteiger partial charge >= 0.3 is 11.9 Å². The lowest BCUT2D eigenvalue weighted by atomic mass is 9.90. The first-order valence-corrected chi connectivity index (χ1v) is 7.57. The maximum Gasteiger partial charge on any atom is 0.317 e. The van der Waals surface area contributed by atoms with Gasteiger partial charge in [0.15, 0.2) is 11.8 Å². The summed E-state index contributed by atoms with van der Waals surface area (Å²) in [6.45, 7) is 0. The van der Waals surface area contributed by atoms with Gasteiger partial charge < -0.3 is 20.8 Å². The third kappa shape index (κ3) is 4.67. The maximum atomic E-state index is 12.3. The Hall–Kier alpha value is -3.68. The number of carbonyl (C=O) groups excluding carboxylic acids is 2. The van der Waals surface area contributed by atoms with Crippen LogP contribution in [0.2, 0.25) is 0 Å². The minimum atomic E-state index is -2.10. The van der Waals surface area contributed by atoms with Crippen LogP contribution in [-0.4, -0.2) is 34.0 Å². The van der Waals surface area contributed by atoms with Crippen LogP contribution < -0.4 is 10.6 Å². The fraction of sp³-hybridized carbons (Fsp3) is 0.111. The van der Waals surface area contributed by atoms with E-state index in [-0.39, 0.29) is 11.4 Å². The molecule has 0 aliphatic carbocycles. The van der Waals surface area contributed by atoms with E-state index in [0.29, 0.717) is 0 Å². The summed E-state index contributed by atoms with van der Waals surface area (Å²) in [7, 11) is 0. The number of amides is 2. The number of anilines is 2. The number of carbonyl (C=O) groups is 4. The lowest BCUT2D eigenvalue weighted by molar-refractivity contribution is -0.159. The molecule has 2 unspecified atom stereocenters. The van der Waals surface area contributed by atoms with E-state index < -0.39 is 35.6 Å². The van der Waals surface area contributed by atoms with Crippen molar-refractivity contribution in [2.24, 2.45) is 11.8 Å². The second-order valence-electron chi connectivity index (χ2n) is 5.34. The van der Waals surface area contributed by atoms with Crippen LogP contribution in [0.4, 0.5) is 11.4 Å². The first-order chi connectivity index (χ1) is 12.4. The monoisotopic (exact) mass is 356 g/mol. The maximum absolute atomic E-state index is 12.3. The Morgan fingerprint density at radius 2 is 0.923 bits per heavy atom. The summed E-state index contributed by atoms with van der Waals surface area (Å²) in [5.74, 6) is -9.82. The summed E-state index contributed by atoms with van der Waals surface area (Å²) in [6, 6.07) is 15.9. The molecule has 0 aliphatic heterocycles. The van der Waals surface area contributed by atoms with Gasteiger partial charge in [0, 0.05) is 11.4 Å². The Morgan fingerprint density at radius 1 is 0.615 bits per heavy atom. The Balaban J connectivity index is 2.25. The highest BCUT2D eigenvalue weighted by Crippen LogP contribution is 2.19. The van der Waals surface area contributed by atoms with Gasteiger partial charge in [-0.05, 0) is 24.3 Å². The van der Waals surface area contributed by atoms with E-state index in [9.17, 15) is 29.4 Å². The highest BCUT2D eigenvalue weighted by molar-refractivity contribution is 6.15. The second-order valence-corrected chi connectivity index (χ2v) is 5.34. The molecule has 0 saturated heterocycles. The molecule has 0 fully saturated rings. The van der Waals surface area contributed by atoms with Crippen molar-refractivity contribution in [3.63, 3.8) is 0 Å². The summed E-state index contributed by atoms with van der Waals surface area (Å²) in [5, 5.41) is 23.3. The van der Waals surface area contributed by atoms with Gasteiger partial charge in [0.2, 0.25) is 11.8 Å². The van der Waals surface area contributed by atoms with Crippen LogP contribution in [0, 0.1) is 11.8 Å². The number of carboxylic acid groups (broad SMARTS) is 2. The van der Waals surface area contributed by atoms with Crippen molar-refractivity contribution in [2.45, 2.75) is 0 Å². The van der Waals surface area contributed by atoms with E-state index in [1.54, 1.807) is 36.4 Å². The molecule has 2 atom stereocenters. The van der Waals surface area contributed by atoms with Crippen LogP contribution in [0.15, 0.2) is 60.7 Å². The Morgan fingerprint density at radius 3 is 1.19 bits per heavy atom. The number of hydrogen-bond acceptors (Lipinski definition) is 4. The fourth-order valence-corrected chi connectivity index (χ4v) is 2.30. The van der Waals surface area contributed by atoms with E-state index in [1.807, 2.05) is 0 Å². The van der Waals surface area contributed by atoms with Gasteiger partial charge in [0.05, 0.1) is 0 Å². The molecule has 8 nitrogen and oxygen atoms in total. The molecule has 2 aromatic carbocycles. The number of aliphatic carboxylic acids is 2. The molecule has 2 rings (SSSR count). The third-order valence-corrected chi connectivity index (χ3v) is 3.51. The Kier molecular flexibility index (Phi) is 6.05. The van der Waals surface area contributed by atoms with E-state index >= 15 is 0 Å². The molecule has 134 valence electrons. The molecule has 8 heteroatoms. The molecule has 0 heterocycles. The van der Waals surface area contributed by atoms with Crippen molar-refractivity contribution in [1.82, 2.24) is 0 Å². The minimum absolute atomic E-state index is 0.288. The average Bonchev–Trinajstić information content (AvgIpc) is 2.60. The zero-order chi connectivity index (χ0) is 19.1. The van der Waals surface area contributed by atoms with Crippen LogP contribution in [0.25, 0.3) is 0 Å². The van der Waals surface area contributed by atoms with Crippen molar-refractivity contribution in [1.29, 1.82) is 0 Å². The number of benzene rings is 2. The molecule has 0 bridgehead atoms. The summed E-state index contributed by atoms with van der Waals surface area (Å²) < 4.78 is 0. The predicted molar refractivity (Wildman–Crippen MR) is 92.4 cm³/mol. The van der Waals surface area contributed by atoms with Crippen molar-refractivity contribution in [3.05, 3.63) is 60.7 Å². The highest BCUT2D eigenvalue weighted by atomic mass is 16.4. The second kappa shape index (κ2) is 8.43. The van der Waals surface area contributed by atoms with Crippen LogP contribution in [0.3, 0.4) is 0 Å². The van der Waals surface area contributed by atoms with Gasteiger partial charge in [0.1, 0.15) is 0 Å². The summed E-state index contributed by atoms with van der Waals surface area (Å²) in [4.78, 5) is 47.7. The number of hydrogen-bond donors (Lipinski definition) is 4. The topological polar surface area (TPSA) is 133 Å². The largest absolute Gasteiger partial charge is 0.481 e. The van der Waals surface area contributed by atoms with E-state index in [0.717, 1.165) is 0 Å². The first-order valence-electron chi connectivity index (χ1n) is 7.57. The predicted octanol–water partition coefficient (Wildman–Crippen LogP) is 1.67. The van der Waals surface area contributed by atoms with E-state index in [2.05, 4.69) is 10.6 Å². The molecule has 2 aromatic rings. The normalized spacial score (nSPS) is 12.5. The van der Waals surface area contributed by atoms with E-state index in [4.69, 9.17) is 0 Å². The van der Waals surface area contributed by atoms with Crippen molar-refractivity contribution < 1.29 is 29.4 Å². The number of carboxylic acids is 2. The summed E-state index contributed by atoms with van der Waals surface area (Å²) in [6.07, 6.45) is 0. The number of rotatable bonds is 7. The van der Waals surface area contributed by atoms with Crippen LogP contribution >= 0.6 is 0 Å². The van der Waals surface area contributed by atoms with Crippen molar-refractivity contribution >= 4 is 35.1 Å². The highest BCUT2D eigenvalue weighted by Gasteiger charge is 2.44. The Bertz CT molecular complexity index is 737. The number of para-hydroxylation sites is 2. The third-order valence-electron chi connectivity index (χ3n) is 3.51. The first kappa shape index (κ1) is 18.7. The van der Waals surface area contributed by atoms with Gasteiger partial charge in [-0.1, -0.05) is 36.4 Å². The molecular formula is C18H16N2O6. The lowest BCUT2D eigenvalue weighted by Gasteiger charge is -2.19. The van der Waals surface area contributed by atoms with Crippen molar-refractivity contribution in [3.8, 4) is 0 Å². The molecular weight excluding hydrogens is 340 g/mol. The van der Waals surface area contributed by atoms with Gasteiger partial charge in [-0.2, -0.15) is 0 Å². The smallest absolute Gasteiger partial charge is 0.317 e. The molecule has 4 N–H and O–H groups in total. The standard InChI is InChI=1S/C18H16N2O6/c21-15(19-11-7-3-1-4-8-11)13(17(23)24)14(18(25)26)16(22)20-12-9-5-2-6-10-12/h1-10,13-14H,(H,19,21)(H,20,22)(H,23,24)(H,25,26). The van der Waals surface area contributed by atoms with Crippen LogP contribution in [0.5, 0.6) is 0 Å². The lowest BCUT2D eigenvalue weighted by Crippen LogP contribution is -2.45. The molecule has 0 saturated carbocycles. The average molecular weight is 356 g/mol. The molecule has 0 aromatic heterocycles. The van der Waals surface area contributed by atoms with Crippen LogP contribution in [0.1, 0.15) is 0 Å². The zero-order valence-electron chi connectivity index (χ0n) is 13.5. The SMILES string of the molecule is O=C(O)C(C(=O)Nc1ccccc1)C(C(=O)O)C(=O)Nc1ccccc1. The van der Waals surface area contributed by atoms with E-state index in [1.165, 1.54) is 24.3 Å². The summed E-state index contributed by atoms with van der Waals surface area (Å²) >= 11 is 0. The zero-order valence-corrected chi connectivity index (χ0v) is 13.5. The van der Waals surface area contributed by atoms with Gasteiger partial charge in [0.25, 0.3) is 0 Å². The molecule has 26 heavy (non-hydrogen) atoms. The fourth-order valence-electron chi connectivity index (χ4n) is 2.30. The molecule has 2 amide bonds. The summed E-state index contributed by atoms with van der Waals surface area (Å²) in [5.41, 5.74) is 0.577. The van der Waals surface area contributed by atoms with Crippen LogP contribution in [-0.2, 0) is 19.2 Å². The number of nitrogens with one attached hydrogen (secondary N) is 2. The van der Waals surface area contributed by atoms with Gasteiger partial charge in [-0.3, -0.25) is 19.2 Å². The van der Waals surface area contributed by atoms with Crippen molar-refractivity contribution in [2.75, 3.05) is 10.6 Å². The molecule has 0 spiro atoms.